The van der Waals surface area contributed by atoms with Crippen molar-refractivity contribution in [2.24, 2.45) is 0 Å². The van der Waals surface area contributed by atoms with Crippen molar-refractivity contribution in [1.29, 1.82) is 0 Å². The van der Waals surface area contributed by atoms with Gasteiger partial charge >= 0.3 is 0 Å². The fourth-order valence-electron chi connectivity index (χ4n) is 3.66. The van der Waals surface area contributed by atoms with Gasteiger partial charge < -0.3 is 4.57 Å². The van der Waals surface area contributed by atoms with Gasteiger partial charge in [-0.1, -0.05) is 48.0 Å². The number of rotatable bonds is 4. The summed E-state index contributed by atoms with van der Waals surface area (Å²) in [5.74, 6) is 1.73. The first-order chi connectivity index (χ1) is 13.5. The van der Waals surface area contributed by atoms with Gasteiger partial charge in [-0.15, -0.1) is 41.0 Å². The minimum atomic E-state index is -0.307. The topological polar surface area (TPSA) is 30.7 Å². The van der Waals surface area contributed by atoms with Crippen LogP contribution < -0.4 is 0 Å². The number of aryl methyl sites for hydroxylation is 2. The summed E-state index contributed by atoms with van der Waals surface area (Å²) in [7, 11) is 0. The Bertz CT molecular complexity index is 1100. The minimum Gasteiger partial charge on any atom is -0.319 e. The molecule has 29 heavy (non-hydrogen) atoms. The van der Waals surface area contributed by atoms with Crippen molar-refractivity contribution >= 4 is 0 Å². The molecule has 4 heteroatoms. The molecule has 0 N–H and O–H groups in total. The Kier molecular flexibility index (Phi) is 6.16. The predicted octanol–water partition coefficient (Wildman–Crippen LogP) is 5.67. The Balaban J connectivity index is 0.00000240. The summed E-state index contributed by atoms with van der Waals surface area (Å²) in [5.41, 5.74) is 5.37. The smallest absolute Gasteiger partial charge is 0.138 e. The van der Waals surface area contributed by atoms with Gasteiger partial charge in [-0.3, -0.25) is 0 Å². The molecule has 4 aromatic rings. The van der Waals surface area contributed by atoms with Crippen LogP contribution in [0.4, 0.5) is 0 Å². The van der Waals surface area contributed by atoms with Gasteiger partial charge in [0.25, 0.3) is 0 Å². The van der Waals surface area contributed by atoms with Crippen LogP contribution in [0.3, 0.4) is 0 Å². The molecule has 0 saturated carbocycles. The second-order valence-electron chi connectivity index (χ2n) is 7.74. The Morgan fingerprint density at radius 3 is 2.24 bits per heavy atom. The summed E-state index contributed by atoms with van der Waals surface area (Å²) in [6.45, 7) is 8.65. The van der Waals surface area contributed by atoms with Crippen LogP contribution in [0.1, 0.15) is 36.4 Å². The predicted molar refractivity (Wildman–Crippen MR) is 114 cm³/mol. The van der Waals surface area contributed by atoms with E-state index in [0.717, 1.165) is 22.9 Å². The molecular formula is C25H24IrN3-. The summed E-state index contributed by atoms with van der Waals surface area (Å²) >= 11 is 0. The van der Waals surface area contributed by atoms with Gasteiger partial charge in [-0.25, -0.2) is 0 Å². The van der Waals surface area contributed by atoms with Crippen LogP contribution in [0.2, 0.25) is 0 Å². The molecular weight excluding hydrogens is 535 g/mol. The number of nitrogens with zero attached hydrogens (tertiary/aromatic N) is 3. The molecule has 1 radical (unpaired) electrons. The van der Waals surface area contributed by atoms with Crippen LogP contribution in [0.25, 0.3) is 17.1 Å². The van der Waals surface area contributed by atoms with Crippen LogP contribution in [0, 0.1) is 19.9 Å². The summed E-state index contributed by atoms with van der Waals surface area (Å²) in [6, 6.07) is 28.2. The zero-order valence-corrected chi connectivity index (χ0v) is 19.5. The maximum Gasteiger partial charge on any atom is 0.138 e. The van der Waals surface area contributed by atoms with Gasteiger partial charge in [0.1, 0.15) is 5.82 Å². The summed E-state index contributed by atoms with van der Waals surface area (Å²) < 4.78 is 2.19. The third-order valence-electron chi connectivity index (χ3n) is 5.26. The first-order valence-corrected chi connectivity index (χ1v) is 9.54. The Labute approximate surface area is 186 Å². The number of aromatic nitrogens is 3. The van der Waals surface area contributed by atoms with Gasteiger partial charge in [-0.2, -0.15) is 5.10 Å². The molecule has 0 bridgehead atoms. The van der Waals surface area contributed by atoms with Gasteiger partial charge in [0.15, 0.2) is 0 Å². The average molecular weight is 559 g/mol. The van der Waals surface area contributed by atoms with Crippen molar-refractivity contribution in [3.8, 4) is 17.1 Å². The van der Waals surface area contributed by atoms with Gasteiger partial charge in [0.2, 0.25) is 0 Å². The normalized spacial score (nSPS) is 11.2. The van der Waals surface area contributed by atoms with E-state index < -0.39 is 0 Å². The molecule has 0 spiro atoms. The molecule has 0 saturated heterocycles. The van der Waals surface area contributed by atoms with Gasteiger partial charge in [0.05, 0.1) is 5.82 Å². The van der Waals surface area contributed by atoms with Crippen LogP contribution in [0.5, 0.6) is 0 Å². The molecule has 1 aromatic heterocycles. The standard InChI is InChI=1S/C25H24N3.Ir/c1-18-15-16-22(19(2)17-18)28-23(20-11-7-5-8-12-20)26-27-24(28)25(3,4)21-13-9-6-10-14-21;/h5-11,13-17H,1-4H3;/q-1;. The molecule has 0 unspecified atom stereocenters. The molecule has 0 aliphatic carbocycles. The fourth-order valence-corrected chi connectivity index (χ4v) is 3.66. The van der Waals surface area contributed by atoms with E-state index in [-0.39, 0.29) is 25.5 Å². The van der Waals surface area contributed by atoms with Crippen molar-refractivity contribution in [2.75, 3.05) is 0 Å². The van der Waals surface area contributed by atoms with E-state index in [4.69, 9.17) is 0 Å². The number of hydrogen-bond acceptors (Lipinski definition) is 2. The van der Waals surface area contributed by atoms with Crippen molar-refractivity contribution in [1.82, 2.24) is 14.8 Å². The molecule has 0 aliphatic heterocycles. The largest absolute Gasteiger partial charge is 0.319 e. The molecule has 0 atom stereocenters. The third kappa shape index (κ3) is 3.96. The van der Waals surface area contributed by atoms with E-state index in [1.165, 1.54) is 16.7 Å². The van der Waals surface area contributed by atoms with Crippen molar-refractivity contribution < 1.29 is 20.1 Å². The molecule has 4 rings (SSSR count). The van der Waals surface area contributed by atoms with E-state index in [1.807, 2.05) is 30.3 Å². The molecule has 149 valence electrons. The minimum absolute atomic E-state index is 0. The molecule has 1 heterocycles. The molecule has 0 fully saturated rings. The summed E-state index contributed by atoms with van der Waals surface area (Å²) in [4.78, 5) is 0. The molecule has 0 aliphatic rings. The summed E-state index contributed by atoms with van der Waals surface area (Å²) in [5, 5.41) is 9.27. The SMILES string of the molecule is Cc1ccc(-n2c(-c3[c-]cccc3)nnc2C(C)(C)c2ccccc2)c(C)c1.[Ir]. The maximum absolute atomic E-state index is 4.67. The monoisotopic (exact) mass is 559 g/mol. The first-order valence-electron chi connectivity index (χ1n) is 9.54. The second-order valence-corrected chi connectivity index (χ2v) is 7.74. The zero-order chi connectivity index (χ0) is 19.7. The number of benzene rings is 3. The van der Waals surface area contributed by atoms with Crippen LogP contribution in [-0.2, 0) is 25.5 Å². The van der Waals surface area contributed by atoms with Gasteiger partial charge in [-0.05, 0) is 44.9 Å². The van der Waals surface area contributed by atoms with E-state index in [1.54, 1.807) is 0 Å². The third-order valence-corrected chi connectivity index (χ3v) is 5.26. The first kappa shape index (κ1) is 21.2. The van der Waals surface area contributed by atoms with Crippen molar-refractivity contribution in [2.45, 2.75) is 33.1 Å². The molecule has 3 aromatic carbocycles. The Morgan fingerprint density at radius 1 is 0.862 bits per heavy atom. The maximum atomic E-state index is 4.67. The van der Waals surface area contributed by atoms with Crippen LogP contribution >= 0.6 is 0 Å². The van der Waals surface area contributed by atoms with E-state index in [2.05, 4.69) is 91.0 Å². The van der Waals surface area contributed by atoms with Gasteiger partial charge in [0, 0.05) is 31.2 Å². The van der Waals surface area contributed by atoms with E-state index in [9.17, 15) is 0 Å². The van der Waals surface area contributed by atoms with Crippen molar-refractivity contribution in [3.05, 3.63) is 101 Å². The molecule has 0 amide bonds. The van der Waals surface area contributed by atoms with Crippen LogP contribution in [-0.4, -0.2) is 14.8 Å². The number of hydrogen-bond donors (Lipinski definition) is 0. The van der Waals surface area contributed by atoms with Crippen molar-refractivity contribution in [3.63, 3.8) is 0 Å². The van der Waals surface area contributed by atoms with E-state index in [0.29, 0.717) is 0 Å². The Morgan fingerprint density at radius 2 is 1.59 bits per heavy atom. The van der Waals surface area contributed by atoms with E-state index >= 15 is 0 Å². The van der Waals surface area contributed by atoms with Crippen LogP contribution in [0.15, 0.2) is 72.8 Å². The average Bonchev–Trinajstić information content (AvgIpc) is 3.15. The molecule has 3 nitrogen and oxygen atoms in total. The zero-order valence-electron chi connectivity index (χ0n) is 17.1. The fraction of sp³-hybridized carbons (Fsp3) is 0.200. The second kappa shape index (κ2) is 8.44. The summed E-state index contributed by atoms with van der Waals surface area (Å²) in [6.07, 6.45) is 0. The Hall–Kier alpha value is -2.55. The quantitative estimate of drug-likeness (QED) is 0.302.